The van der Waals surface area contributed by atoms with Crippen molar-refractivity contribution in [2.24, 2.45) is 0 Å². The van der Waals surface area contributed by atoms with E-state index in [9.17, 15) is 4.79 Å². The van der Waals surface area contributed by atoms with Crippen LogP contribution in [0.15, 0.2) is 24.3 Å². The van der Waals surface area contributed by atoms with E-state index in [4.69, 9.17) is 0 Å². The van der Waals surface area contributed by atoms with Gasteiger partial charge < -0.3 is 10.6 Å². The minimum absolute atomic E-state index is 0.0781. The number of rotatable bonds is 4. The molecule has 0 saturated heterocycles. The normalized spacial score (nSPS) is 16.9. The third-order valence-electron chi connectivity index (χ3n) is 3.40. The number of amides is 2. The predicted molar refractivity (Wildman–Crippen MR) is 70.1 cm³/mol. The lowest BCUT2D eigenvalue weighted by Crippen LogP contribution is -2.51. The molecular weight excluding hydrogens is 212 g/mol. The number of carbonyl (C=O) groups is 1. The number of hydrogen-bond donors (Lipinski definition) is 2. The lowest BCUT2D eigenvalue weighted by molar-refractivity contribution is 0.223. The quantitative estimate of drug-likeness (QED) is 0.818. The van der Waals surface area contributed by atoms with Crippen LogP contribution in [0.2, 0.25) is 0 Å². The highest BCUT2D eigenvalue weighted by molar-refractivity contribution is 5.93. The summed E-state index contributed by atoms with van der Waals surface area (Å²) in [7, 11) is 0. The van der Waals surface area contributed by atoms with E-state index in [1.165, 1.54) is 5.56 Å². The Bertz CT molecular complexity index is 408. The van der Waals surface area contributed by atoms with Gasteiger partial charge in [-0.25, -0.2) is 4.79 Å². The fraction of sp³-hybridized carbons (Fsp3) is 0.500. The van der Waals surface area contributed by atoms with Gasteiger partial charge in [0.15, 0.2) is 0 Å². The van der Waals surface area contributed by atoms with Crippen LogP contribution >= 0.6 is 0 Å². The van der Waals surface area contributed by atoms with E-state index in [1.54, 1.807) is 0 Å². The number of hydrogen-bond acceptors (Lipinski definition) is 1. The van der Waals surface area contributed by atoms with Crippen molar-refractivity contribution >= 4 is 11.7 Å². The molecule has 1 aromatic carbocycles. The second-order valence-electron chi connectivity index (χ2n) is 4.71. The van der Waals surface area contributed by atoms with Crippen molar-refractivity contribution in [3.05, 3.63) is 29.8 Å². The van der Waals surface area contributed by atoms with Crippen molar-refractivity contribution in [3.63, 3.8) is 0 Å². The average molecular weight is 232 g/mol. The molecule has 0 bridgehead atoms. The molecule has 0 spiro atoms. The van der Waals surface area contributed by atoms with Crippen LogP contribution in [0.5, 0.6) is 0 Å². The number of fused-ring (bicyclic) bond motifs is 1. The summed E-state index contributed by atoms with van der Waals surface area (Å²) >= 11 is 0. The Balaban J connectivity index is 2.47. The first-order valence-electron chi connectivity index (χ1n) is 6.40. The van der Waals surface area contributed by atoms with Crippen molar-refractivity contribution < 1.29 is 4.79 Å². The molecule has 2 N–H and O–H groups in total. The second-order valence-corrected chi connectivity index (χ2v) is 4.71. The zero-order valence-electron chi connectivity index (χ0n) is 10.5. The Hall–Kier alpha value is -1.51. The first-order chi connectivity index (χ1) is 8.22. The number of nitrogens with one attached hydrogen (secondary N) is 2. The van der Waals surface area contributed by atoms with Crippen LogP contribution in [-0.2, 0) is 5.54 Å². The first kappa shape index (κ1) is 12.0. The molecule has 0 radical (unpaired) electrons. The van der Waals surface area contributed by atoms with Gasteiger partial charge in [-0.15, -0.1) is 0 Å². The van der Waals surface area contributed by atoms with Gasteiger partial charge in [-0.1, -0.05) is 44.9 Å². The van der Waals surface area contributed by atoms with Gasteiger partial charge in [0.05, 0.1) is 5.54 Å². The van der Waals surface area contributed by atoms with Crippen LogP contribution in [0.1, 0.15) is 45.1 Å². The molecule has 92 valence electrons. The Kier molecular flexibility index (Phi) is 3.36. The van der Waals surface area contributed by atoms with E-state index in [1.807, 2.05) is 18.2 Å². The number of para-hydroxylation sites is 1. The molecule has 1 aliphatic rings. The van der Waals surface area contributed by atoms with Crippen LogP contribution in [0, 0.1) is 0 Å². The maximum absolute atomic E-state index is 11.8. The van der Waals surface area contributed by atoms with E-state index in [-0.39, 0.29) is 11.6 Å². The molecule has 1 aromatic rings. The van der Waals surface area contributed by atoms with E-state index in [0.29, 0.717) is 0 Å². The summed E-state index contributed by atoms with van der Waals surface area (Å²) < 4.78 is 0. The summed E-state index contributed by atoms with van der Waals surface area (Å²) in [4.78, 5) is 11.8. The fourth-order valence-electron chi connectivity index (χ4n) is 2.82. The molecule has 3 heteroatoms. The fourth-order valence-corrected chi connectivity index (χ4v) is 2.82. The Labute approximate surface area is 103 Å². The van der Waals surface area contributed by atoms with Crippen molar-refractivity contribution in [2.45, 2.75) is 45.1 Å². The number of benzene rings is 1. The van der Waals surface area contributed by atoms with Crippen LogP contribution in [0.25, 0.3) is 0 Å². The van der Waals surface area contributed by atoms with Gasteiger partial charge in [0, 0.05) is 11.3 Å². The molecule has 0 fully saturated rings. The molecule has 2 amide bonds. The molecule has 1 heterocycles. The van der Waals surface area contributed by atoms with E-state index >= 15 is 0 Å². The zero-order valence-corrected chi connectivity index (χ0v) is 10.5. The lowest BCUT2D eigenvalue weighted by atomic mass is 9.80. The summed E-state index contributed by atoms with van der Waals surface area (Å²) in [5.74, 6) is 0. The van der Waals surface area contributed by atoms with E-state index in [2.05, 4.69) is 30.5 Å². The SMILES string of the molecule is CCCC1(CCC)NC(=O)Nc2ccccc21. The molecular formula is C14H20N2O. The van der Waals surface area contributed by atoms with Gasteiger partial charge in [-0.3, -0.25) is 0 Å². The predicted octanol–water partition coefficient (Wildman–Crippen LogP) is 3.62. The highest BCUT2D eigenvalue weighted by Crippen LogP contribution is 2.38. The summed E-state index contributed by atoms with van der Waals surface area (Å²) in [6.07, 6.45) is 4.11. The molecule has 0 saturated carbocycles. The average Bonchev–Trinajstić information content (AvgIpc) is 2.29. The van der Waals surface area contributed by atoms with Gasteiger partial charge >= 0.3 is 6.03 Å². The third-order valence-corrected chi connectivity index (χ3v) is 3.40. The maximum atomic E-state index is 11.8. The minimum Gasteiger partial charge on any atom is -0.328 e. The summed E-state index contributed by atoms with van der Waals surface area (Å²) in [6, 6.07) is 8.03. The standard InChI is InChI=1S/C14H20N2O/c1-3-9-14(10-4-2)11-7-5-6-8-12(11)15-13(17)16-14/h5-8H,3-4,9-10H2,1-2H3,(H2,15,16,17). The van der Waals surface area contributed by atoms with Gasteiger partial charge in [0.2, 0.25) is 0 Å². The third kappa shape index (κ3) is 2.14. The van der Waals surface area contributed by atoms with Crippen LogP contribution in [0.3, 0.4) is 0 Å². The molecule has 3 nitrogen and oxygen atoms in total. The summed E-state index contributed by atoms with van der Waals surface area (Å²) in [6.45, 7) is 4.32. The number of carbonyl (C=O) groups excluding carboxylic acids is 1. The Morgan fingerprint density at radius 1 is 1.12 bits per heavy atom. The van der Waals surface area contributed by atoms with Crippen molar-refractivity contribution in [1.82, 2.24) is 5.32 Å². The van der Waals surface area contributed by atoms with Crippen molar-refractivity contribution in [3.8, 4) is 0 Å². The van der Waals surface area contributed by atoms with Gasteiger partial charge in [0.1, 0.15) is 0 Å². The number of urea groups is 1. The molecule has 0 atom stereocenters. The Morgan fingerprint density at radius 3 is 2.41 bits per heavy atom. The van der Waals surface area contributed by atoms with Crippen molar-refractivity contribution in [1.29, 1.82) is 0 Å². The topological polar surface area (TPSA) is 41.1 Å². The van der Waals surface area contributed by atoms with E-state index < -0.39 is 0 Å². The van der Waals surface area contributed by atoms with Gasteiger partial charge in [-0.05, 0) is 18.9 Å². The second kappa shape index (κ2) is 4.78. The van der Waals surface area contributed by atoms with Gasteiger partial charge in [0.25, 0.3) is 0 Å². The van der Waals surface area contributed by atoms with E-state index in [0.717, 1.165) is 31.4 Å². The molecule has 0 aliphatic carbocycles. The largest absolute Gasteiger partial charge is 0.328 e. The van der Waals surface area contributed by atoms with Crippen LogP contribution in [0.4, 0.5) is 10.5 Å². The molecule has 0 unspecified atom stereocenters. The molecule has 2 rings (SSSR count). The van der Waals surface area contributed by atoms with Gasteiger partial charge in [-0.2, -0.15) is 0 Å². The van der Waals surface area contributed by atoms with Crippen LogP contribution in [-0.4, -0.2) is 6.03 Å². The molecule has 17 heavy (non-hydrogen) atoms. The molecule has 1 aliphatic heterocycles. The highest BCUT2D eigenvalue weighted by atomic mass is 16.2. The minimum atomic E-state index is -0.178. The summed E-state index contributed by atoms with van der Waals surface area (Å²) in [5.41, 5.74) is 2.00. The Morgan fingerprint density at radius 2 is 1.76 bits per heavy atom. The highest BCUT2D eigenvalue weighted by Gasteiger charge is 2.37. The lowest BCUT2D eigenvalue weighted by Gasteiger charge is -2.40. The first-order valence-corrected chi connectivity index (χ1v) is 6.40. The number of anilines is 1. The maximum Gasteiger partial charge on any atom is 0.319 e. The monoisotopic (exact) mass is 232 g/mol. The van der Waals surface area contributed by atoms with Crippen molar-refractivity contribution in [2.75, 3.05) is 5.32 Å². The smallest absolute Gasteiger partial charge is 0.319 e. The zero-order chi connectivity index (χ0) is 12.3. The van der Waals surface area contributed by atoms with Crippen LogP contribution < -0.4 is 10.6 Å². The molecule has 0 aromatic heterocycles. The summed E-state index contributed by atoms with van der Waals surface area (Å²) in [5, 5.41) is 6.02.